The van der Waals surface area contributed by atoms with Crippen molar-refractivity contribution in [3.05, 3.63) is 47.2 Å². The summed E-state index contributed by atoms with van der Waals surface area (Å²) in [6, 6.07) is 10.8. The highest BCUT2D eigenvalue weighted by Crippen LogP contribution is 2.42. The molecule has 0 bridgehead atoms. The summed E-state index contributed by atoms with van der Waals surface area (Å²) in [5, 5.41) is 11.9. The number of benzene rings is 1. The number of nitrogens with zero attached hydrogens (tertiary/aromatic N) is 2. The molecule has 1 aliphatic heterocycles. The highest BCUT2D eigenvalue weighted by molar-refractivity contribution is 5.85. The van der Waals surface area contributed by atoms with Gasteiger partial charge >= 0.3 is 0 Å². The lowest BCUT2D eigenvalue weighted by atomic mass is 9.75. The molecule has 122 valence electrons. The van der Waals surface area contributed by atoms with Crippen LogP contribution in [0.5, 0.6) is 11.6 Å². The van der Waals surface area contributed by atoms with E-state index in [1.807, 2.05) is 19.1 Å². The van der Waals surface area contributed by atoms with Gasteiger partial charge < -0.3 is 10.1 Å². The molecule has 1 aliphatic carbocycles. The number of ether oxygens (including phenoxy) is 1. The van der Waals surface area contributed by atoms with Gasteiger partial charge in [0, 0.05) is 23.6 Å². The van der Waals surface area contributed by atoms with Gasteiger partial charge in [0.1, 0.15) is 5.75 Å². The summed E-state index contributed by atoms with van der Waals surface area (Å²) in [6.07, 6.45) is 4.83. The second kappa shape index (κ2) is 6.85. The van der Waals surface area contributed by atoms with E-state index in [0.717, 1.165) is 24.4 Å². The number of halogens is 1. The van der Waals surface area contributed by atoms with Crippen LogP contribution in [0.2, 0.25) is 0 Å². The minimum Gasteiger partial charge on any atom is -0.437 e. The van der Waals surface area contributed by atoms with Crippen LogP contribution in [-0.4, -0.2) is 22.8 Å². The third-order valence-corrected chi connectivity index (χ3v) is 4.82. The molecule has 0 amide bonds. The lowest BCUT2D eigenvalue weighted by Gasteiger charge is -2.38. The fourth-order valence-electron chi connectivity index (χ4n) is 3.78. The van der Waals surface area contributed by atoms with Crippen molar-refractivity contribution in [1.29, 1.82) is 0 Å². The molecule has 4 rings (SSSR count). The van der Waals surface area contributed by atoms with Crippen molar-refractivity contribution in [1.82, 2.24) is 15.5 Å². The van der Waals surface area contributed by atoms with Crippen LogP contribution < -0.4 is 10.1 Å². The summed E-state index contributed by atoms with van der Waals surface area (Å²) < 4.78 is 6.08. The zero-order chi connectivity index (χ0) is 14.9. The molecule has 4 nitrogen and oxygen atoms in total. The van der Waals surface area contributed by atoms with Crippen molar-refractivity contribution in [3.8, 4) is 11.6 Å². The summed E-state index contributed by atoms with van der Waals surface area (Å²) in [5.74, 6) is 2.09. The van der Waals surface area contributed by atoms with E-state index in [1.165, 1.54) is 30.4 Å². The van der Waals surface area contributed by atoms with Crippen LogP contribution in [0.1, 0.15) is 42.0 Å². The van der Waals surface area contributed by atoms with Gasteiger partial charge in [-0.25, -0.2) is 0 Å². The maximum absolute atomic E-state index is 6.08. The molecular weight excluding hydrogens is 310 g/mol. The maximum Gasteiger partial charge on any atom is 0.238 e. The van der Waals surface area contributed by atoms with Gasteiger partial charge in [0.05, 0.1) is 5.69 Å². The first-order chi connectivity index (χ1) is 10.8. The van der Waals surface area contributed by atoms with Crippen molar-refractivity contribution in [2.45, 2.75) is 44.6 Å². The Labute approximate surface area is 143 Å². The molecular formula is C18H22ClN3O. The molecule has 1 saturated heterocycles. The Bertz CT molecular complexity index is 674. The monoisotopic (exact) mass is 331 g/mol. The zero-order valence-electron chi connectivity index (χ0n) is 13.3. The minimum absolute atomic E-state index is 0. The van der Waals surface area contributed by atoms with Crippen molar-refractivity contribution >= 4 is 12.4 Å². The summed E-state index contributed by atoms with van der Waals surface area (Å²) in [4.78, 5) is 0. The van der Waals surface area contributed by atoms with Crippen molar-refractivity contribution in [3.63, 3.8) is 0 Å². The van der Waals surface area contributed by atoms with Crippen molar-refractivity contribution in [2.75, 3.05) is 6.54 Å². The highest BCUT2D eigenvalue weighted by Gasteiger charge is 2.33. The maximum atomic E-state index is 6.08. The molecule has 1 N–H and O–H groups in total. The van der Waals surface area contributed by atoms with Gasteiger partial charge in [-0.3, -0.25) is 0 Å². The third kappa shape index (κ3) is 3.19. The molecule has 0 radical (unpaired) electrons. The number of piperidine rings is 1. The Balaban J connectivity index is 0.00000156. The van der Waals surface area contributed by atoms with E-state index in [4.69, 9.17) is 4.74 Å². The van der Waals surface area contributed by atoms with Gasteiger partial charge in [0.15, 0.2) is 0 Å². The quantitative estimate of drug-likeness (QED) is 0.909. The van der Waals surface area contributed by atoms with Crippen LogP contribution in [0.15, 0.2) is 30.3 Å². The fourth-order valence-corrected chi connectivity index (χ4v) is 3.78. The van der Waals surface area contributed by atoms with Gasteiger partial charge in [-0.15, -0.1) is 17.5 Å². The van der Waals surface area contributed by atoms with Gasteiger partial charge in [-0.2, -0.15) is 5.10 Å². The second-order valence-electron chi connectivity index (χ2n) is 6.29. The first-order valence-electron chi connectivity index (χ1n) is 8.14. The van der Waals surface area contributed by atoms with E-state index >= 15 is 0 Å². The molecule has 1 aromatic heterocycles. The molecule has 1 aromatic carbocycles. The molecule has 5 heteroatoms. The highest BCUT2D eigenvalue weighted by atomic mass is 35.5. The summed E-state index contributed by atoms with van der Waals surface area (Å²) >= 11 is 0. The number of hydrogen-bond acceptors (Lipinski definition) is 4. The Morgan fingerprint density at radius 3 is 2.87 bits per heavy atom. The van der Waals surface area contributed by atoms with E-state index in [1.54, 1.807) is 0 Å². The van der Waals surface area contributed by atoms with Gasteiger partial charge in [0.2, 0.25) is 5.88 Å². The molecule has 2 heterocycles. The van der Waals surface area contributed by atoms with Crippen molar-refractivity contribution in [2.24, 2.45) is 0 Å². The average Bonchev–Trinajstić information content (AvgIpc) is 2.57. The van der Waals surface area contributed by atoms with Gasteiger partial charge in [-0.1, -0.05) is 12.1 Å². The Kier molecular flexibility index (Phi) is 4.83. The number of hydrogen-bond donors (Lipinski definition) is 1. The summed E-state index contributed by atoms with van der Waals surface area (Å²) in [6.45, 7) is 3.07. The number of aromatic nitrogens is 2. The predicted molar refractivity (Wildman–Crippen MR) is 92.6 cm³/mol. The Hall–Kier alpha value is -1.65. The first kappa shape index (κ1) is 16.2. The number of aryl methyl sites for hydroxylation is 2. The average molecular weight is 332 g/mol. The largest absolute Gasteiger partial charge is 0.437 e. The van der Waals surface area contributed by atoms with Crippen LogP contribution in [-0.2, 0) is 6.42 Å². The van der Waals surface area contributed by atoms with Gasteiger partial charge in [0.25, 0.3) is 0 Å². The number of fused-ring (bicyclic) bond motifs is 3. The van der Waals surface area contributed by atoms with Crippen molar-refractivity contribution < 1.29 is 4.74 Å². The molecule has 1 fully saturated rings. The van der Waals surface area contributed by atoms with Crippen LogP contribution in [0.3, 0.4) is 0 Å². The Morgan fingerprint density at radius 1 is 1.13 bits per heavy atom. The van der Waals surface area contributed by atoms with Gasteiger partial charge in [-0.05, 0) is 56.8 Å². The van der Waals surface area contributed by atoms with Crippen LogP contribution in [0.25, 0.3) is 0 Å². The molecule has 2 aromatic rings. The minimum atomic E-state index is 0. The lowest BCUT2D eigenvalue weighted by molar-refractivity contribution is 0.311. The lowest BCUT2D eigenvalue weighted by Crippen LogP contribution is -2.42. The number of nitrogens with one attached hydrogen (secondary N) is 1. The standard InChI is InChI=1S/C18H21N3O.ClH/c1-12-7-10-17(21-20-12)22-16-6-2-4-13-8-9-15-14(18(13)16)5-3-11-19-15;/h2,4,6-7,10,14-15,19H,3,5,8-9,11H2,1H3;1H. The van der Waals surface area contributed by atoms with Crippen LogP contribution in [0.4, 0.5) is 0 Å². The molecule has 2 atom stereocenters. The smallest absolute Gasteiger partial charge is 0.238 e. The zero-order valence-corrected chi connectivity index (χ0v) is 14.1. The SMILES string of the molecule is Cc1ccc(Oc2cccc3c2C2CCCNC2CC3)nn1.Cl. The molecule has 2 unspecified atom stereocenters. The van der Waals surface area contributed by atoms with Crippen LogP contribution in [0, 0.1) is 6.92 Å². The first-order valence-corrected chi connectivity index (χ1v) is 8.14. The molecule has 23 heavy (non-hydrogen) atoms. The molecule has 0 spiro atoms. The predicted octanol–water partition coefficient (Wildman–Crippen LogP) is 3.78. The fraction of sp³-hybridized carbons (Fsp3) is 0.444. The number of rotatable bonds is 2. The van der Waals surface area contributed by atoms with E-state index in [0.29, 0.717) is 17.8 Å². The van der Waals surface area contributed by atoms with E-state index < -0.39 is 0 Å². The van der Waals surface area contributed by atoms with Crippen LogP contribution >= 0.6 is 12.4 Å². The second-order valence-corrected chi connectivity index (χ2v) is 6.29. The molecule has 2 aliphatic rings. The van der Waals surface area contributed by atoms with E-state index in [-0.39, 0.29) is 12.4 Å². The van der Waals surface area contributed by atoms with E-state index in [9.17, 15) is 0 Å². The Morgan fingerprint density at radius 2 is 2.04 bits per heavy atom. The summed E-state index contributed by atoms with van der Waals surface area (Å²) in [7, 11) is 0. The summed E-state index contributed by atoms with van der Waals surface area (Å²) in [5.41, 5.74) is 3.72. The van der Waals surface area contributed by atoms with E-state index in [2.05, 4.69) is 33.7 Å². The normalized spacial score (nSPS) is 22.5. The molecule has 0 saturated carbocycles. The topological polar surface area (TPSA) is 47.0 Å². The third-order valence-electron chi connectivity index (χ3n) is 4.82.